The van der Waals surface area contributed by atoms with Gasteiger partial charge in [0.1, 0.15) is 0 Å². The first-order valence-electron chi connectivity index (χ1n) is 7.84. The van der Waals surface area contributed by atoms with Crippen LogP contribution in [0.25, 0.3) is 0 Å². The highest BCUT2D eigenvalue weighted by atomic mass is 35.5. The van der Waals surface area contributed by atoms with Gasteiger partial charge in [0, 0.05) is 19.6 Å². The molecule has 1 saturated heterocycles. The normalized spacial score (nSPS) is 18.1. The predicted octanol–water partition coefficient (Wildman–Crippen LogP) is 1.21. The van der Waals surface area contributed by atoms with Crippen LogP contribution < -0.4 is 10.6 Å². The van der Waals surface area contributed by atoms with Crippen LogP contribution in [-0.4, -0.2) is 51.4 Å². The van der Waals surface area contributed by atoms with E-state index in [4.69, 9.17) is 0 Å². The molecule has 1 aromatic rings. The van der Waals surface area contributed by atoms with Gasteiger partial charge in [-0.05, 0) is 56.5 Å². The lowest BCUT2D eigenvalue weighted by Crippen LogP contribution is -2.48. The molecule has 2 rings (SSSR count). The molecule has 136 valence electrons. The van der Waals surface area contributed by atoms with Crippen LogP contribution in [-0.2, 0) is 14.8 Å². The zero-order valence-electron chi connectivity index (χ0n) is 14.3. The topological polar surface area (TPSA) is 78.5 Å². The van der Waals surface area contributed by atoms with E-state index in [1.165, 1.54) is 7.05 Å². The molecule has 0 saturated carbocycles. The summed E-state index contributed by atoms with van der Waals surface area (Å²) in [6.45, 7) is 5.33. The molecular weight excluding hydrogens is 350 g/mol. The summed E-state index contributed by atoms with van der Waals surface area (Å²) < 4.78 is 26.2. The molecule has 0 bridgehead atoms. The first kappa shape index (κ1) is 20.9. The smallest absolute Gasteiger partial charge is 0.243 e. The minimum Gasteiger partial charge on any atom is -0.351 e. The zero-order chi connectivity index (χ0) is 17.0. The van der Waals surface area contributed by atoms with E-state index in [1.54, 1.807) is 18.2 Å². The second kappa shape index (κ2) is 8.80. The lowest BCUT2D eigenvalue weighted by atomic mass is 10.1. The Kier molecular flexibility index (Phi) is 7.66. The number of likely N-dealkylation sites (N-methyl/N-ethyl adjacent to an activating group) is 1. The number of benzene rings is 1. The Morgan fingerprint density at radius 2 is 2.04 bits per heavy atom. The van der Waals surface area contributed by atoms with Crippen molar-refractivity contribution in [2.75, 3.05) is 26.7 Å². The maximum atomic E-state index is 12.6. The summed E-state index contributed by atoms with van der Waals surface area (Å²) in [5.74, 6) is -0.270. The van der Waals surface area contributed by atoms with Crippen LogP contribution in [0.1, 0.15) is 24.0 Å². The number of rotatable bonds is 5. The Hall–Kier alpha value is -1.15. The molecule has 1 amide bonds. The molecule has 6 nitrogen and oxygen atoms in total. The van der Waals surface area contributed by atoms with Crippen molar-refractivity contribution in [1.82, 2.24) is 14.9 Å². The van der Waals surface area contributed by atoms with E-state index in [0.717, 1.165) is 41.4 Å². The van der Waals surface area contributed by atoms with Crippen LogP contribution >= 0.6 is 12.4 Å². The van der Waals surface area contributed by atoms with Gasteiger partial charge in [0.05, 0.1) is 11.4 Å². The summed E-state index contributed by atoms with van der Waals surface area (Å²) in [6.07, 6.45) is 1.94. The second-order valence-electron chi connectivity index (χ2n) is 6.12. The van der Waals surface area contributed by atoms with Crippen molar-refractivity contribution in [3.63, 3.8) is 0 Å². The van der Waals surface area contributed by atoms with E-state index in [2.05, 4.69) is 10.6 Å². The molecule has 1 aliphatic rings. The lowest BCUT2D eigenvalue weighted by Gasteiger charge is -2.25. The molecule has 1 aromatic carbocycles. The molecule has 2 N–H and O–H groups in total. The van der Waals surface area contributed by atoms with Crippen LogP contribution in [0.4, 0.5) is 0 Å². The Labute approximate surface area is 150 Å². The van der Waals surface area contributed by atoms with Crippen LogP contribution in [0.5, 0.6) is 0 Å². The van der Waals surface area contributed by atoms with E-state index >= 15 is 0 Å². The number of sulfonamides is 1. The maximum Gasteiger partial charge on any atom is 0.243 e. The Morgan fingerprint density at radius 3 is 2.62 bits per heavy atom. The Bertz CT molecular complexity index is 673. The number of hydrogen-bond donors (Lipinski definition) is 2. The third kappa shape index (κ3) is 5.17. The van der Waals surface area contributed by atoms with Gasteiger partial charge in [0.2, 0.25) is 15.9 Å². The number of nitrogens with one attached hydrogen (secondary N) is 2. The van der Waals surface area contributed by atoms with Crippen molar-refractivity contribution in [2.45, 2.75) is 37.6 Å². The van der Waals surface area contributed by atoms with E-state index in [0.29, 0.717) is 0 Å². The van der Waals surface area contributed by atoms with E-state index < -0.39 is 10.0 Å². The number of amides is 1. The predicted molar refractivity (Wildman–Crippen MR) is 97.0 cm³/mol. The standard InChI is InChI=1S/C16H25N3O3S.ClH/c1-12-6-7-15(9-13(12)2)23(21,22)19(3)11-16(20)18-14-5-4-8-17-10-14;/h6-7,9,14,17H,4-5,8,10-11H2,1-3H3,(H,18,20);1H/t14-;/m0./s1. The monoisotopic (exact) mass is 375 g/mol. The van der Waals surface area contributed by atoms with Crippen LogP contribution in [0.3, 0.4) is 0 Å². The van der Waals surface area contributed by atoms with E-state index in [9.17, 15) is 13.2 Å². The first-order valence-corrected chi connectivity index (χ1v) is 9.28. The lowest BCUT2D eigenvalue weighted by molar-refractivity contribution is -0.121. The third-order valence-corrected chi connectivity index (χ3v) is 6.01. The molecule has 0 aromatic heterocycles. The van der Waals surface area contributed by atoms with Gasteiger partial charge in [0.15, 0.2) is 0 Å². The van der Waals surface area contributed by atoms with E-state index in [-0.39, 0.29) is 35.8 Å². The fourth-order valence-corrected chi connectivity index (χ4v) is 3.80. The van der Waals surface area contributed by atoms with Crippen molar-refractivity contribution < 1.29 is 13.2 Å². The number of carbonyl (C=O) groups excluding carboxylic acids is 1. The summed E-state index contributed by atoms with van der Waals surface area (Å²) in [7, 11) is -2.22. The molecule has 1 atom stereocenters. The van der Waals surface area contributed by atoms with Crippen molar-refractivity contribution in [1.29, 1.82) is 0 Å². The minimum absolute atomic E-state index is 0. The number of carbonyl (C=O) groups is 1. The van der Waals surface area contributed by atoms with Gasteiger partial charge in [-0.15, -0.1) is 12.4 Å². The summed E-state index contributed by atoms with van der Waals surface area (Å²) in [6, 6.07) is 5.08. The SMILES string of the molecule is Cc1ccc(S(=O)(=O)N(C)CC(=O)N[C@H]2CCCNC2)cc1C.Cl. The zero-order valence-corrected chi connectivity index (χ0v) is 16.0. The van der Waals surface area contributed by atoms with Gasteiger partial charge < -0.3 is 10.6 Å². The highest BCUT2D eigenvalue weighted by Gasteiger charge is 2.24. The molecule has 0 spiro atoms. The van der Waals surface area contributed by atoms with Gasteiger partial charge in [-0.1, -0.05) is 6.07 Å². The molecule has 24 heavy (non-hydrogen) atoms. The molecule has 0 radical (unpaired) electrons. The molecule has 1 aliphatic heterocycles. The number of nitrogens with zero attached hydrogens (tertiary/aromatic N) is 1. The maximum absolute atomic E-state index is 12.6. The Morgan fingerprint density at radius 1 is 1.33 bits per heavy atom. The molecule has 0 aliphatic carbocycles. The number of piperidine rings is 1. The third-order valence-electron chi connectivity index (χ3n) is 4.21. The van der Waals surface area contributed by atoms with Gasteiger partial charge >= 0.3 is 0 Å². The van der Waals surface area contributed by atoms with Gasteiger partial charge in [-0.3, -0.25) is 4.79 Å². The van der Waals surface area contributed by atoms with Gasteiger partial charge in [-0.25, -0.2) is 8.42 Å². The number of aryl methyl sites for hydroxylation is 2. The molecule has 0 unspecified atom stereocenters. The summed E-state index contributed by atoms with van der Waals surface area (Å²) in [4.78, 5) is 12.3. The van der Waals surface area contributed by atoms with Crippen molar-refractivity contribution in [3.05, 3.63) is 29.3 Å². The highest BCUT2D eigenvalue weighted by Crippen LogP contribution is 2.18. The van der Waals surface area contributed by atoms with Crippen LogP contribution in [0.2, 0.25) is 0 Å². The molecular formula is C16H26ClN3O3S. The number of halogens is 1. The quantitative estimate of drug-likeness (QED) is 0.811. The largest absolute Gasteiger partial charge is 0.351 e. The first-order chi connectivity index (χ1) is 10.8. The van der Waals surface area contributed by atoms with Gasteiger partial charge in [0.25, 0.3) is 0 Å². The average molecular weight is 376 g/mol. The average Bonchev–Trinajstić information content (AvgIpc) is 2.50. The van der Waals surface area contributed by atoms with Gasteiger partial charge in [-0.2, -0.15) is 4.31 Å². The molecule has 1 fully saturated rings. The van der Waals surface area contributed by atoms with Crippen molar-refractivity contribution in [2.24, 2.45) is 0 Å². The highest BCUT2D eigenvalue weighted by molar-refractivity contribution is 7.89. The van der Waals surface area contributed by atoms with Crippen molar-refractivity contribution >= 4 is 28.3 Å². The molecule has 8 heteroatoms. The summed E-state index contributed by atoms with van der Waals surface area (Å²) in [5, 5.41) is 6.10. The summed E-state index contributed by atoms with van der Waals surface area (Å²) >= 11 is 0. The summed E-state index contributed by atoms with van der Waals surface area (Å²) in [5.41, 5.74) is 1.95. The molecule has 1 heterocycles. The fraction of sp³-hybridized carbons (Fsp3) is 0.562. The van der Waals surface area contributed by atoms with Crippen molar-refractivity contribution in [3.8, 4) is 0 Å². The minimum atomic E-state index is -3.66. The Balaban J connectivity index is 0.00000288. The number of hydrogen-bond acceptors (Lipinski definition) is 4. The van der Waals surface area contributed by atoms with Crippen LogP contribution in [0, 0.1) is 13.8 Å². The fourth-order valence-electron chi connectivity index (χ4n) is 2.59. The van der Waals surface area contributed by atoms with E-state index in [1.807, 2.05) is 13.8 Å². The van der Waals surface area contributed by atoms with Crippen LogP contribution in [0.15, 0.2) is 23.1 Å². The second-order valence-corrected chi connectivity index (χ2v) is 8.16.